The second-order valence-corrected chi connectivity index (χ2v) is 9.08. The van der Waals surface area contributed by atoms with Crippen molar-refractivity contribution in [1.82, 2.24) is 5.32 Å². The van der Waals surface area contributed by atoms with Crippen LogP contribution in [0.4, 0.5) is 10.5 Å². The van der Waals surface area contributed by atoms with Crippen LogP contribution in [0.15, 0.2) is 52.5 Å². The zero-order valence-electron chi connectivity index (χ0n) is 18.4. The van der Waals surface area contributed by atoms with E-state index >= 15 is 0 Å². The summed E-state index contributed by atoms with van der Waals surface area (Å²) in [4.78, 5) is 38.9. The number of ether oxygens (including phenoxy) is 1. The third-order valence-corrected chi connectivity index (χ3v) is 5.98. The summed E-state index contributed by atoms with van der Waals surface area (Å²) in [5.41, 5.74) is 0.672. The summed E-state index contributed by atoms with van der Waals surface area (Å²) >= 11 is 9.49. The van der Waals surface area contributed by atoms with E-state index in [4.69, 9.17) is 16.3 Å². The Labute approximate surface area is 207 Å². The third kappa shape index (κ3) is 6.68. The number of rotatable bonds is 10. The van der Waals surface area contributed by atoms with Gasteiger partial charge in [-0.25, -0.2) is 9.69 Å². The number of imide groups is 2. The molecule has 33 heavy (non-hydrogen) atoms. The number of amides is 4. The number of benzene rings is 2. The molecule has 1 N–H and O–H groups in total. The van der Waals surface area contributed by atoms with Crippen LogP contribution in [-0.2, 0) is 9.59 Å². The lowest BCUT2D eigenvalue weighted by Crippen LogP contribution is -2.54. The van der Waals surface area contributed by atoms with Crippen molar-refractivity contribution in [2.45, 2.75) is 45.4 Å². The van der Waals surface area contributed by atoms with Gasteiger partial charge in [-0.2, -0.15) is 0 Å². The van der Waals surface area contributed by atoms with E-state index in [0.717, 1.165) is 22.2 Å². The number of barbiturate groups is 1. The summed E-state index contributed by atoms with van der Waals surface area (Å²) in [6, 6.07) is 10.9. The molecule has 174 valence electrons. The van der Waals surface area contributed by atoms with E-state index in [1.165, 1.54) is 31.8 Å². The smallest absolute Gasteiger partial charge is 0.335 e. The van der Waals surface area contributed by atoms with E-state index in [1.807, 2.05) is 0 Å². The van der Waals surface area contributed by atoms with Crippen molar-refractivity contribution in [3.05, 3.63) is 63.1 Å². The maximum atomic E-state index is 13.1. The molecule has 6 nitrogen and oxygen atoms in total. The summed E-state index contributed by atoms with van der Waals surface area (Å²) in [6.07, 6.45) is 8.24. The molecule has 0 radical (unpaired) electrons. The van der Waals surface area contributed by atoms with Crippen LogP contribution in [0, 0.1) is 0 Å². The first kappa shape index (κ1) is 25.0. The fourth-order valence-corrected chi connectivity index (χ4v) is 3.91. The standard InChI is InChI=1S/C25H26BrClN2O4/c1-2-3-4-5-6-7-14-33-22-13-10-19(27)15-17(22)16-21-23(30)28-25(32)29(24(21)31)20-11-8-18(26)9-12-20/h8-13,15-16H,2-7,14H2,1H3,(H,28,30,32)/b21-16+. The normalized spacial score (nSPS) is 15.2. The molecule has 4 amide bonds. The first-order chi connectivity index (χ1) is 15.9. The SMILES string of the molecule is CCCCCCCCOc1ccc(Cl)cc1/C=C1\C(=O)NC(=O)N(c2ccc(Br)cc2)C1=O. The van der Waals surface area contributed by atoms with E-state index < -0.39 is 17.8 Å². The molecule has 2 aromatic rings. The predicted octanol–water partition coefficient (Wildman–Crippen LogP) is 6.51. The van der Waals surface area contributed by atoms with Crippen molar-refractivity contribution >= 4 is 57.1 Å². The molecule has 1 saturated heterocycles. The van der Waals surface area contributed by atoms with E-state index in [2.05, 4.69) is 28.2 Å². The average molecular weight is 534 g/mol. The number of carbonyl (C=O) groups is 3. The van der Waals surface area contributed by atoms with Crippen LogP contribution in [-0.4, -0.2) is 24.5 Å². The van der Waals surface area contributed by atoms with Crippen LogP contribution in [0.3, 0.4) is 0 Å². The Balaban J connectivity index is 1.79. The van der Waals surface area contributed by atoms with Gasteiger partial charge < -0.3 is 4.74 Å². The van der Waals surface area contributed by atoms with Gasteiger partial charge in [0.25, 0.3) is 11.8 Å². The number of carbonyl (C=O) groups excluding carboxylic acids is 3. The average Bonchev–Trinajstić information content (AvgIpc) is 2.78. The number of urea groups is 1. The Morgan fingerprint density at radius 1 is 1.00 bits per heavy atom. The molecule has 2 aromatic carbocycles. The number of hydrogen-bond donors (Lipinski definition) is 1. The Morgan fingerprint density at radius 2 is 1.70 bits per heavy atom. The molecule has 1 heterocycles. The monoisotopic (exact) mass is 532 g/mol. The number of halogens is 2. The van der Waals surface area contributed by atoms with Crippen LogP contribution in [0.1, 0.15) is 51.0 Å². The van der Waals surface area contributed by atoms with Crippen LogP contribution >= 0.6 is 27.5 Å². The minimum Gasteiger partial charge on any atom is -0.493 e. The van der Waals surface area contributed by atoms with Gasteiger partial charge in [0.2, 0.25) is 0 Å². The van der Waals surface area contributed by atoms with Gasteiger partial charge in [-0.05, 0) is 55.0 Å². The van der Waals surface area contributed by atoms with Crippen molar-refractivity contribution < 1.29 is 19.1 Å². The zero-order valence-corrected chi connectivity index (χ0v) is 20.7. The number of nitrogens with one attached hydrogen (secondary N) is 1. The molecule has 1 aliphatic heterocycles. The Kier molecular flexibility index (Phi) is 9.09. The van der Waals surface area contributed by atoms with Crippen LogP contribution in [0.25, 0.3) is 6.08 Å². The minimum atomic E-state index is -0.796. The van der Waals surface area contributed by atoms with Crippen molar-refractivity contribution in [2.75, 3.05) is 11.5 Å². The van der Waals surface area contributed by atoms with Crippen LogP contribution < -0.4 is 15.0 Å². The van der Waals surface area contributed by atoms with E-state index in [0.29, 0.717) is 28.6 Å². The summed E-state index contributed by atoms with van der Waals surface area (Å²) in [5, 5.41) is 2.67. The highest BCUT2D eigenvalue weighted by Gasteiger charge is 2.37. The molecule has 0 aliphatic carbocycles. The molecule has 0 bridgehead atoms. The van der Waals surface area contributed by atoms with Gasteiger partial charge in [0, 0.05) is 15.1 Å². The Morgan fingerprint density at radius 3 is 2.42 bits per heavy atom. The van der Waals surface area contributed by atoms with Gasteiger partial charge in [-0.15, -0.1) is 0 Å². The largest absolute Gasteiger partial charge is 0.493 e. The molecule has 0 aromatic heterocycles. The van der Waals surface area contributed by atoms with Gasteiger partial charge in [-0.3, -0.25) is 14.9 Å². The molecule has 0 atom stereocenters. The van der Waals surface area contributed by atoms with E-state index in [9.17, 15) is 14.4 Å². The van der Waals surface area contributed by atoms with Gasteiger partial charge >= 0.3 is 6.03 Å². The fraction of sp³-hybridized carbons (Fsp3) is 0.320. The van der Waals surface area contributed by atoms with Crippen LogP contribution in [0.5, 0.6) is 5.75 Å². The highest BCUT2D eigenvalue weighted by atomic mass is 79.9. The molecule has 0 unspecified atom stereocenters. The Bertz CT molecular complexity index is 1050. The number of hydrogen-bond acceptors (Lipinski definition) is 4. The van der Waals surface area contributed by atoms with Crippen molar-refractivity contribution in [3.8, 4) is 5.75 Å². The van der Waals surface area contributed by atoms with Gasteiger partial charge in [0.1, 0.15) is 11.3 Å². The van der Waals surface area contributed by atoms with Gasteiger partial charge in [0.15, 0.2) is 0 Å². The second-order valence-electron chi connectivity index (χ2n) is 7.73. The third-order valence-electron chi connectivity index (χ3n) is 5.21. The molecular formula is C25H26BrClN2O4. The maximum absolute atomic E-state index is 13.1. The van der Waals surface area contributed by atoms with E-state index in [1.54, 1.807) is 42.5 Å². The summed E-state index contributed by atoms with van der Waals surface area (Å²) in [6.45, 7) is 2.71. The maximum Gasteiger partial charge on any atom is 0.335 e. The second kappa shape index (κ2) is 12.0. The lowest BCUT2D eigenvalue weighted by Gasteiger charge is -2.26. The zero-order chi connectivity index (χ0) is 23.8. The lowest BCUT2D eigenvalue weighted by molar-refractivity contribution is -0.122. The number of nitrogens with zero attached hydrogens (tertiary/aromatic N) is 1. The molecule has 3 rings (SSSR count). The van der Waals surface area contributed by atoms with Crippen LogP contribution in [0.2, 0.25) is 5.02 Å². The van der Waals surface area contributed by atoms with Crippen molar-refractivity contribution in [3.63, 3.8) is 0 Å². The lowest BCUT2D eigenvalue weighted by atomic mass is 10.1. The van der Waals surface area contributed by atoms with E-state index in [-0.39, 0.29) is 5.57 Å². The number of unbranched alkanes of at least 4 members (excludes halogenated alkanes) is 5. The molecular weight excluding hydrogens is 508 g/mol. The first-order valence-electron chi connectivity index (χ1n) is 11.0. The fourth-order valence-electron chi connectivity index (χ4n) is 3.47. The van der Waals surface area contributed by atoms with Crippen molar-refractivity contribution in [1.29, 1.82) is 0 Å². The predicted molar refractivity (Wildman–Crippen MR) is 133 cm³/mol. The minimum absolute atomic E-state index is 0.177. The topological polar surface area (TPSA) is 75.7 Å². The quantitative estimate of drug-likeness (QED) is 0.215. The highest BCUT2D eigenvalue weighted by molar-refractivity contribution is 9.10. The van der Waals surface area contributed by atoms with Gasteiger partial charge in [-0.1, -0.05) is 66.6 Å². The van der Waals surface area contributed by atoms with Gasteiger partial charge in [0.05, 0.1) is 12.3 Å². The van der Waals surface area contributed by atoms with Crippen molar-refractivity contribution in [2.24, 2.45) is 0 Å². The first-order valence-corrected chi connectivity index (χ1v) is 12.2. The summed E-state index contributed by atoms with van der Waals surface area (Å²) < 4.78 is 6.72. The summed E-state index contributed by atoms with van der Waals surface area (Å²) in [7, 11) is 0. The molecule has 1 aliphatic rings. The molecule has 8 heteroatoms. The summed E-state index contributed by atoms with van der Waals surface area (Å²) in [5.74, 6) is -0.957. The molecule has 0 spiro atoms. The highest BCUT2D eigenvalue weighted by Crippen LogP contribution is 2.28. The molecule has 1 fully saturated rings. The Hall–Kier alpha value is -2.64. The molecule has 0 saturated carbocycles. The number of anilines is 1.